The fourth-order valence-corrected chi connectivity index (χ4v) is 3.46. The minimum absolute atomic E-state index is 0.0256. The molecule has 4 rings (SSSR count). The Balaban J connectivity index is 1.82. The Hall–Kier alpha value is -3.23. The fourth-order valence-electron chi connectivity index (χ4n) is 3.01. The number of halogens is 4. The van der Waals surface area contributed by atoms with Crippen molar-refractivity contribution in [1.29, 1.82) is 0 Å². The highest BCUT2D eigenvalue weighted by Gasteiger charge is 2.26. The number of nitrogens with zero attached hydrogens (tertiary/aromatic N) is 1. The third-order valence-electron chi connectivity index (χ3n) is 4.25. The van der Waals surface area contributed by atoms with E-state index in [1.54, 1.807) is 24.3 Å². The van der Waals surface area contributed by atoms with Crippen molar-refractivity contribution in [2.75, 3.05) is 5.32 Å². The number of para-hydroxylation sites is 1. The number of carbonyl (C=O) groups is 2. The van der Waals surface area contributed by atoms with Crippen LogP contribution < -0.4 is 10.1 Å². The molecule has 0 fully saturated rings. The first-order valence-corrected chi connectivity index (χ1v) is 9.16. The molecule has 0 atom stereocenters. The van der Waals surface area contributed by atoms with E-state index in [0.29, 0.717) is 11.0 Å². The number of pyridine rings is 1. The minimum Gasteiger partial charge on any atom is -0.452 e. The molecule has 2 heterocycles. The van der Waals surface area contributed by atoms with Crippen molar-refractivity contribution in [3.8, 4) is 5.75 Å². The Morgan fingerprint density at radius 2 is 1.77 bits per heavy atom. The normalized spacial score (nSPS) is 11.2. The maximum Gasteiger partial charge on any atom is 0.387 e. The molecule has 4 aromatic rings. The van der Waals surface area contributed by atoms with Crippen molar-refractivity contribution in [2.24, 2.45) is 0 Å². The molecule has 0 aliphatic heterocycles. The fraction of sp³-hybridized carbons (Fsp3) is 0.0500. The van der Waals surface area contributed by atoms with Gasteiger partial charge in [0.25, 0.3) is 11.7 Å². The number of hydrogen-bond donors (Lipinski definition) is 1. The van der Waals surface area contributed by atoms with Gasteiger partial charge in [0.1, 0.15) is 5.58 Å². The number of hydrogen-bond acceptors (Lipinski definition) is 5. The summed E-state index contributed by atoms with van der Waals surface area (Å²) >= 11 is 11.9. The molecule has 0 radical (unpaired) electrons. The van der Waals surface area contributed by atoms with Gasteiger partial charge in [-0.05, 0) is 18.2 Å². The molecule has 0 bridgehead atoms. The van der Waals surface area contributed by atoms with Crippen LogP contribution in [0.5, 0.6) is 5.75 Å². The summed E-state index contributed by atoms with van der Waals surface area (Å²) in [6, 6.07) is 8.97. The number of Topliss-reactive ketones (excluding diaryl/α,β-unsaturated/α-hetero) is 1. The predicted molar refractivity (Wildman–Crippen MR) is 108 cm³/mol. The lowest BCUT2D eigenvalue weighted by Crippen LogP contribution is -2.23. The molecule has 0 aliphatic carbocycles. The van der Waals surface area contributed by atoms with Crippen molar-refractivity contribution in [2.45, 2.75) is 6.61 Å². The van der Waals surface area contributed by atoms with Crippen LogP contribution >= 0.6 is 23.2 Å². The average molecular weight is 451 g/mol. The van der Waals surface area contributed by atoms with Crippen molar-refractivity contribution < 1.29 is 27.5 Å². The van der Waals surface area contributed by atoms with E-state index in [4.69, 9.17) is 27.6 Å². The Labute approximate surface area is 177 Å². The zero-order chi connectivity index (χ0) is 21.4. The number of fused-ring (bicyclic) bond motifs is 3. The Bertz CT molecular complexity index is 1290. The first kappa shape index (κ1) is 20.1. The lowest BCUT2D eigenvalue weighted by Gasteiger charge is -2.10. The summed E-state index contributed by atoms with van der Waals surface area (Å²) < 4.78 is 35.7. The number of rotatable bonds is 5. The van der Waals surface area contributed by atoms with Gasteiger partial charge in [0, 0.05) is 28.7 Å². The predicted octanol–water partition coefficient (Wildman–Crippen LogP) is 5.71. The third kappa shape index (κ3) is 3.55. The highest BCUT2D eigenvalue weighted by molar-refractivity contribution is 6.50. The first-order valence-electron chi connectivity index (χ1n) is 8.40. The summed E-state index contributed by atoms with van der Waals surface area (Å²) in [4.78, 5) is 29.3. The molecule has 0 saturated heterocycles. The number of carbonyl (C=O) groups excluding carboxylic acids is 2. The van der Waals surface area contributed by atoms with Crippen LogP contribution in [0.1, 0.15) is 10.4 Å². The quantitative estimate of drug-likeness (QED) is 0.311. The molecule has 2 aromatic heterocycles. The number of amides is 1. The molecule has 10 heteroatoms. The maximum atomic E-state index is 12.9. The largest absolute Gasteiger partial charge is 0.452 e. The summed E-state index contributed by atoms with van der Waals surface area (Å²) in [6.45, 7) is -3.10. The molecule has 0 unspecified atom stereocenters. The molecule has 0 aliphatic rings. The third-order valence-corrected chi connectivity index (χ3v) is 4.82. The molecule has 2 aromatic carbocycles. The highest BCUT2D eigenvalue weighted by Crippen LogP contribution is 2.38. The average Bonchev–Trinajstić information content (AvgIpc) is 3.10. The van der Waals surface area contributed by atoms with Crippen LogP contribution in [-0.4, -0.2) is 23.3 Å². The molecule has 0 spiro atoms. The molecule has 30 heavy (non-hydrogen) atoms. The molecule has 6 nitrogen and oxygen atoms in total. The van der Waals surface area contributed by atoms with E-state index in [0.717, 1.165) is 6.07 Å². The van der Waals surface area contributed by atoms with Crippen molar-refractivity contribution in [3.63, 3.8) is 0 Å². The maximum absolute atomic E-state index is 12.9. The van der Waals surface area contributed by atoms with Crippen LogP contribution in [0, 0.1) is 0 Å². The SMILES string of the molecule is O=C(Nc1c(Cl)cncc1Cl)C(=O)c1ccc(OC(F)F)c2oc3ccccc3c12. The van der Waals surface area contributed by atoms with Crippen molar-refractivity contribution >= 4 is 62.5 Å². The number of nitrogens with one attached hydrogen (secondary N) is 1. The topological polar surface area (TPSA) is 81.4 Å². The summed E-state index contributed by atoms with van der Waals surface area (Å²) in [5.41, 5.74) is 0.232. The Kier molecular flexibility index (Phi) is 5.27. The van der Waals surface area contributed by atoms with Gasteiger partial charge in [-0.2, -0.15) is 8.78 Å². The van der Waals surface area contributed by atoms with E-state index in [1.807, 2.05) is 0 Å². The first-order chi connectivity index (χ1) is 14.4. The van der Waals surface area contributed by atoms with E-state index < -0.39 is 18.3 Å². The van der Waals surface area contributed by atoms with Gasteiger partial charge in [0.15, 0.2) is 11.3 Å². The van der Waals surface area contributed by atoms with Gasteiger partial charge in [-0.3, -0.25) is 14.6 Å². The standard InChI is InChI=1S/C20H10Cl2F2N2O4/c21-11-7-25-8-12(22)16(11)26-19(28)17(27)10-5-6-14(30-20(23)24)18-15(10)9-3-1-2-4-13(9)29-18/h1-8,20H,(H,25,26,28). The second-order valence-electron chi connectivity index (χ2n) is 6.05. The number of anilines is 1. The smallest absolute Gasteiger partial charge is 0.387 e. The van der Waals surface area contributed by atoms with Gasteiger partial charge in [-0.1, -0.05) is 41.4 Å². The van der Waals surface area contributed by atoms with E-state index in [-0.39, 0.29) is 38.0 Å². The number of alkyl halides is 2. The lowest BCUT2D eigenvalue weighted by molar-refractivity contribution is -0.112. The van der Waals surface area contributed by atoms with Crippen molar-refractivity contribution in [3.05, 3.63) is 64.4 Å². The van der Waals surface area contributed by atoms with Gasteiger partial charge in [0.2, 0.25) is 0 Å². The zero-order valence-electron chi connectivity index (χ0n) is 14.8. The Morgan fingerprint density at radius 3 is 2.47 bits per heavy atom. The van der Waals surface area contributed by atoms with E-state index >= 15 is 0 Å². The van der Waals surface area contributed by atoms with Gasteiger partial charge in [0.05, 0.1) is 15.7 Å². The van der Waals surface area contributed by atoms with Crippen LogP contribution in [0.25, 0.3) is 21.9 Å². The van der Waals surface area contributed by atoms with Crippen LogP contribution in [0.4, 0.5) is 14.5 Å². The second-order valence-corrected chi connectivity index (χ2v) is 6.87. The van der Waals surface area contributed by atoms with E-state index in [2.05, 4.69) is 15.0 Å². The molecule has 0 saturated carbocycles. The monoisotopic (exact) mass is 450 g/mol. The second kappa shape index (κ2) is 7.89. The summed E-state index contributed by atoms with van der Waals surface area (Å²) in [5.74, 6) is -2.23. The molecule has 152 valence electrons. The molecular formula is C20H10Cl2F2N2O4. The van der Waals surface area contributed by atoms with Crippen molar-refractivity contribution in [1.82, 2.24) is 4.98 Å². The van der Waals surface area contributed by atoms with Gasteiger partial charge >= 0.3 is 6.61 Å². The van der Waals surface area contributed by atoms with Crippen LogP contribution in [0.3, 0.4) is 0 Å². The van der Waals surface area contributed by atoms with E-state index in [1.165, 1.54) is 18.5 Å². The number of furan rings is 1. The van der Waals surface area contributed by atoms with Gasteiger partial charge in [-0.25, -0.2) is 0 Å². The highest BCUT2D eigenvalue weighted by atomic mass is 35.5. The van der Waals surface area contributed by atoms with Crippen LogP contribution in [-0.2, 0) is 4.79 Å². The zero-order valence-corrected chi connectivity index (χ0v) is 16.3. The summed E-state index contributed by atoms with van der Waals surface area (Å²) in [5, 5.41) is 3.08. The van der Waals surface area contributed by atoms with Crippen LogP contribution in [0.2, 0.25) is 10.0 Å². The number of ether oxygens (including phenoxy) is 1. The van der Waals surface area contributed by atoms with Crippen LogP contribution in [0.15, 0.2) is 53.2 Å². The number of aromatic nitrogens is 1. The Morgan fingerprint density at radius 1 is 1.07 bits per heavy atom. The van der Waals surface area contributed by atoms with Gasteiger partial charge in [-0.15, -0.1) is 0 Å². The van der Waals surface area contributed by atoms with Gasteiger partial charge < -0.3 is 14.5 Å². The summed E-state index contributed by atoms with van der Waals surface area (Å²) in [6.07, 6.45) is 2.51. The summed E-state index contributed by atoms with van der Waals surface area (Å²) in [7, 11) is 0. The molecule has 1 amide bonds. The number of ketones is 1. The molecule has 1 N–H and O–H groups in total. The number of benzene rings is 2. The van der Waals surface area contributed by atoms with E-state index in [9.17, 15) is 18.4 Å². The molecular weight excluding hydrogens is 441 g/mol. The minimum atomic E-state index is -3.10. The lowest BCUT2D eigenvalue weighted by atomic mass is 10.0.